The van der Waals surface area contributed by atoms with E-state index in [-0.39, 0.29) is 17.9 Å². The summed E-state index contributed by atoms with van der Waals surface area (Å²) in [7, 11) is 0. The Kier molecular flexibility index (Phi) is 2.58. The number of likely N-dealkylation sites (tertiary alicyclic amines) is 1. The van der Waals surface area contributed by atoms with Crippen molar-refractivity contribution < 1.29 is 14.9 Å². The Morgan fingerprint density at radius 3 is 2.96 bits per heavy atom. The molecule has 1 saturated heterocycles. The summed E-state index contributed by atoms with van der Waals surface area (Å²) >= 11 is 0. The average molecular weight is 338 g/mol. The van der Waals surface area contributed by atoms with Crippen LogP contribution in [0.25, 0.3) is 0 Å². The molecule has 1 aromatic carbocycles. The van der Waals surface area contributed by atoms with Crippen LogP contribution in [0.1, 0.15) is 43.2 Å². The highest BCUT2D eigenvalue weighted by Gasteiger charge is 2.72. The zero-order valence-corrected chi connectivity index (χ0v) is 14.5. The fourth-order valence-corrected chi connectivity index (χ4v) is 6.38. The van der Waals surface area contributed by atoms with Gasteiger partial charge in [0.1, 0.15) is 6.10 Å². The molecule has 2 aliphatic heterocycles. The lowest BCUT2D eigenvalue weighted by molar-refractivity contribution is -0.174. The maximum Gasteiger partial charge on any atom is 0.220 e. The van der Waals surface area contributed by atoms with Gasteiger partial charge in [-0.15, -0.1) is 0 Å². The molecule has 3 fully saturated rings. The number of nitrogens with zero attached hydrogens (tertiary/aromatic N) is 1. The molecule has 4 atom stereocenters. The summed E-state index contributed by atoms with van der Waals surface area (Å²) in [6.45, 7) is 6.35. The van der Waals surface area contributed by atoms with Crippen LogP contribution >= 0.6 is 0 Å². The quantitative estimate of drug-likeness (QED) is 0.844. The summed E-state index contributed by atoms with van der Waals surface area (Å²) in [5.74, 6) is 1.27. The molecular weight excluding hydrogens is 314 g/mol. The summed E-state index contributed by atoms with van der Waals surface area (Å²) in [6.07, 6.45) is 5.63. The SMILES string of the molecule is C=C1CC[C@@]2(O)C3Cc4ccc([O])c5c4[C@@]2(CCN3CC2CC2)[C@H]1O5. The van der Waals surface area contributed by atoms with E-state index >= 15 is 0 Å². The lowest BCUT2D eigenvalue weighted by Gasteiger charge is -2.63. The number of hydrogen-bond acceptors (Lipinski definition) is 3. The molecule has 5 aliphatic rings. The smallest absolute Gasteiger partial charge is 0.220 e. The molecule has 1 radical (unpaired) electrons. The predicted octanol–water partition coefficient (Wildman–Crippen LogP) is 2.95. The Labute approximate surface area is 148 Å². The molecule has 0 amide bonds. The Hall–Kier alpha value is -1.52. The van der Waals surface area contributed by atoms with Gasteiger partial charge in [-0.1, -0.05) is 12.6 Å². The van der Waals surface area contributed by atoms with E-state index in [2.05, 4.69) is 11.5 Å². The van der Waals surface area contributed by atoms with E-state index in [0.29, 0.717) is 5.75 Å². The molecule has 25 heavy (non-hydrogen) atoms. The summed E-state index contributed by atoms with van der Waals surface area (Å²) in [6, 6.07) is 3.77. The highest BCUT2D eigenvalue weighted by molar-refractivity contribution is 5.63. The second-order valence-electron chi connectivity index (χ2n) is 8.89. The minimum Gasteiger partial charge on any atom is -0.481 e. The standard InChI is InChI=1S/C21H24NO3/c1-12-6-7-21(24)16-10-14-4-5-15(23)18-17(14)20(21,19(12)25-18)8-9-22(16)11-13-2-3-13/h4-5,13,16,19,24H,1-3,6-11H2/t16?,19-,20-,21+/m0/s1. The molecule has 2 saturated carbocycles. The van der Waals surface area contributed by atoms with Crippen molar-refractivity contribution in [3.8, 4) is 11.5 Å². The molecule has 0 aromatic heterocycles. The Balaban J connectivity index is 1.58. The van der Waals surface area contributed by atoms with Crippen LogP contribution in [0.4, 0.5) is 0 Å². The maximum atomic E-state index is 12.5. The van der Waals surface area contributed by atoms with Crippen molar-refractivity contribution in [2.45, 2.75) is 61.7 Å². The minimum atomic E-state index is -0.808. The first-order chi connectivity index (χ1) is 12.0. The minimum absolute atomic E-state index is 0.0449. The number of hydrogen-bond donors (Lipinski definition) is 1. The highest BCUT2D eigenvalue weighted by Crippen LogP contribution is 2.66. The lowest BCUT2D eigenvalue weighted by Crippen LogP contribution is -2.75. The topological polar surface area (TPSA) is 52.6 Å². The number of piperidine rings is 1. The molecule has 1 N–H and O–H groups in total. The van der Waals surface area contributed by atoms with E-state index < -0.39 is 11.0 Å². The van der Waals surface area contributed by atoms with Crippen LogP contribution in [-0.2, 0) is 16.9 Å². The van der Waals surface area contributed by atoms with E-state index in [1.165, 1.54) is 18.4 Å². The third-order valence-electron chi connectivity index (χ3n) is 7.70. The number of aliphatic hydroxyl groups is 1. The maximum absolute atomic E-state index is 12.5. The van der Waals surface area contributed by atoms with E-state index in [1.54, 1.807) is 6.07 Å². The highest BCUT2D eigenvalue weighted by atomic mass is 16.5. The normalized spacial score (nSPS) is 41.4. The van der Waals surface area contributed by atoms with Gasteiger partial charge in [0.05, 0.1) is 11.0 Å². The fraction of sp³-hybridized carbons (Fsp3) is 0.619. The second-order valence-corrected chi connectivity index (χ2v) is 8.89. The molecule has 2 heterocycles. The van der Waals surface area contributed by atoms with Crippen LogP contribution in [-0.4, -0.2) is 40.8 Å². The van der Waals surface area contributed by atoms with Crippen molar-refractivity contribution in [1.29, 1.82) is 0 Å². The van der Waals surface area contributed by atoms with Crippen LogP contribution < -0.4 is 4.74 Å². The van der Waals surface area contributed by atoms with Crippen LogP contribution in [0.2, 0.25) is 0 Å². The van der Waals surface area contributed by atoms with Crippen LogP contribution in [0.3, 0.4) is 0 Å². The zero-order chi connectivity index (χ0) is 17.0. The van der Waals surface area contributed by atoms with Gasteiger partial charge in [0.25, 0.3) is 0 Å². The first-order valence-corrected chi connectivity index (χ1v) is 9.69. The van der Waals surface area contributed by atoms with Crippen LogP contribution in [0.5, 0.6) is 11.5 Å². The lowest BCUT2D eigenvalue weighted by atomic mass is 9.48. The third-order valence-corrected chi connectivity index (χ3v) is 7.70. The molecular formula is C21H24NO3. The van der Waals surface area contributed by atoms with Gasteiger partial charge < -0.3 is 9.84 Å². The van der Waals surface area contributed by atoms with Crippen molar-refractivity contribution in [2.75, 3.05) is 13.1 Å². The van der Waals surface area contributed by atoms with E-state index in [0.717, 1.165) is 55.8 Å². The summed E-state index contributed by atoms with van der Waals surface area (Å²) < 4.78 is 6.22. The van der Waals surface area contributed by atoms with Crippen molar-refractivity contribution in [2.24, 2.45) is 5.92 Å². The van der Waals surface area contributed by atoms with Crippen molar-refractivity contribution >= 4 is 0 Å². The Morgan fingerprint density at radius 2 is 2.16 bits per heavy atom. The molecule has 6 rings (SSSR count). The number of ether oxygens (including phenoxy) is 1. The number of benzene rings is 1. The van der Waals surface area contributed by atoms with Gasteiger partial charge >= 0.3 is 0 Å². The number of rotatable bonds is 2. The second kappa shape index (κ2) is 4.41. The van der Waals surface area contributed by atoms with Gasteiger partial charge in [-0.2, -0.15) is 0 Å². The van der Waals surface area contributed by atoms with Gasteiger partial charge in [0.2, 0.25) is 5.75 Å². The van der Waals surface area contributed by atoms with Crippen molar-refractivity contribution in [1.82, 2.24) is 4.90 Å². The summed E-state index contributed by atoms with van der Waals surface area (Å²) in [5.41, 5.74) is 2.01. The van der Waals surface area contributed by atoms with Crippen molar-refractivity contribution in [3.63, 3.8) is 0 Å². The summed E-state index contributed by atoms with van der Waals surface area (Å²) in [5, 5.41) is 24.5. The average Bonchev–Trinajstić information content (AvgIpc) is 3.32. The van der Waals surface area contributed by atoms with E-state index in [1.807, 2.05) is 6.07 Å². The van der Waals surface area contributed by atoms with Gasteiger partial charge in [-0.25, -0.2) is 0 Å². The first kappa shape index (κ1) is 14.6. The molecule has 4 heteroatoms. The van der Waals surface area contributed by atoms with E-state index in [4.69, 9.17) is 4.74 Å². The van der Waals surface area contributed by atoms with Crippen molar-refractivity contribution in [3.05, 3.63) is 35.4 Å². The zero-order valence-electron chi connectivity index (χ0n) is 14.5. The third kappa shape index (κ3) is 1.57. The van der Waals surface area contributed by atoms with Gasteiger partial charge in [0.15, 0.2) is 5.75 Å². The van der Waals surface area contributed by atoms with Crippen LogP contribution in [0.15, 0.2) is 24.3 Å². The fourth-order valence-electron chi connectivity index (χ4n) is 6.38. The molecule has 131 valence electrons. The largest absolute Gasteiger partial charge is 0.481 e. The first-order valence-electron chi connectivity index (χ1n) is 9.69. The van der Waals surface area contributed by atoms with Crippen LogP contribution in [0, 0.1) is 5.92 Å². The summed E-state index contributed by atoms with van der Waals surface area (Å²) in [4.78, 5) is 2.54. The Bertz CT molecular complexity index is 801. The molecule has 2 bridgehead atoms. The molecule has 1 aromatic rings. The Morgan fingerprint density at radius 1 is 1.32 bits per heavy atom. The predicted molar refractivity (Wildman–Crippen MR) is 92.4 cm³/mol. The molecule has 4 nitrogen and oxygen atoms in total. The molecule has 1 unspecified atom stereocenters. The molecule has 1 spiro atoms. The monoisotopic (exact) mass is 338 g/mol. The molecule has 3 aliphatic carbocycles. The van der Waals surface area contributed by atoms with Gasteiger partial charge in [-0.05, 0) is 68.2 Å². The van der Waals surface area contributed by atoms with Gasteiger partial charge in [-0.3, -0.25) is 10.0 Å². The van der Waals surface area contributed by atoms with Gasteiger partial charge in [0, 0.05) is 18.2 Å². The van der Waals surface area contributed by atoms with E-state index in [9.17, 15) is 10.2 Å².